The van der Waals surface area contributed by atoms with E-state index in [0.717, 1.165) is 11.8 Å². The summed E-state index contributed by atoms with van der Waals surface area (Å²) in [7, 11) is 0. The number of nitrogens with one attached hydrogen (secondary N) is 1. The zero-order valence-electron chi connectivity index (χ0n) is 5.06. The predicted molar refractivity (Wildman–Crippen MR) is 33.4 cm³/mol. The van der Waals surface area contributed by atoms with Crippen molar-refractivity contribution in [2.24, 2.45) is 11.8 Å². The summed E-state index contributed by atoms with van der Waals surface area (Å²) in [6, 6.07) is 0. The number of hydrogen-bond acceptors (Lipinski definition) is 1. The summed E-state index contributed by atoms with van der Waals surface area (Å²) in [6.07, 6.45) is 5.29. The van der Waals surface area contributed by atoms with Crippen molar-refractivity contribution in [2.75, 3.05) is 13.1 Å². The van der Waals surface area contributed by atoms with E-state index in [4.69, 9.17) is 0 Å². The van der Waals surface area contributed by atoms with Gasteiger partial charge in [-0.05, 0) is 44.2 Å². The number of hydrogen-bond donors (Lipinski definition) is 1. The third kappa shape index (κ3) is 0.576. The molecule has 1 saturated carbocycles. The van der Waals surface area contributed by atoms with Gasteiger partial charge in [0.15, 0.2) is 0 Å². The van der Waals surface area contributed by atoms with Crippen LogP contribution in [0.25, 0.3) is 0 Å². The van der Waals surface area contributed by atoms with Gasteiger partial charge in [-0.1, -0.05) is 0 Å². The molecule has 1 heterocycles. The normalized spacial score (nSPS) is 45.0. The summed E-state index contributed by atoms with van der Waals surface area (Å²) in [6.45, 7) is 2.53. The van der Waals surface area contributed by atoms with Crippen LogP contribution in [-0.4, -0.2) is 13.1 Å². The van der Waals surface area contributed by atoms with E-state index in [1.165, 1.54) is 25.9 Å². The second-order valence-corrected chi connectivity index (χ2v) is 2.90. The van der Waals surface area contributed by atoms with Crippen LogP contribution in [0.3, 0.4) is 0 Å². The molecule has 1 heteroatoms. The predicted octanol–water partition coefficient (Wildman–Crippen LogP) is 0.820. The van der Waals surface area contributed by atoms with E-state index in [0.29, 0.717) is 0 Å². The van der Waals surface area contributed by atoms with Crippen LogP contribution < -0.4 is 5.32 Å². The van der Waals surface area contributed by atoms with E-state index in [2.05, 4.69) is 11.7 Å². The Hall–Kier alpha value is -0.0400. The van der Waals surface area contributed by atoms with Crippen molar-refractivity contribution in [1.82, 2.24) is 5.32 Å². The number of rotatable bonds is 0. The largest absolute Gasteiger partial charge is 0.316 e. The summed E-state index contributed by atoms with van der Waals surface area (Å²) in [4.78, 5) is 0. The maximum absolute atomic E-state index is 3.39. The Kier molecular flexibility index (Phi) is 1.04. The van der Waals surface area contributed by atoms with Gasteiger partial charge in [-0.3, -0.25) is 0 Å². The molecule has 0 amide bonds. The van der Waals surface area contributed by atoms with Crippen molar-refractivity contribution in [3.05, 3.63) is 6.42 Å². The smallest absolute Gasteiger partial charge is 0.00145 e. The summed E-state index contributed by atoms with van der Waals surface area (Å²) in [5.74, 6) is 1.95. The molecule has 8 heavy (non-hydrogen) atoms. The molecule has 1 aliphatic carbocycles. The maximum atomic E-state index is 3.39. The SMILES string of the molecule is [CH]1CC[C@H]2CNC[C@@H]12. The highest BCUT2D eigenvalue weighted by Gasteiger charge is 2.30. The van der Waals surface area contributed by atoms with Crippen molar-refractivity contribution in [3.63, 3.8) is 0 Å². The fraction of sp³-hybridized carbons (Fsp3) is 0.857. The van der Waals surface area contributed by atoms with Gasteiger partial charge in [0.1, 0.15) is 0 Å². The lowest BCUT2D eigenvalue weighted by atomic mass is 10.0. The Morgan fingerprint density at radius 2 is 2.38 bits per heavy atom. The lowest BCUT2D eigenvalue weighted by Gasteiger charge is -2.02. The number of fused-ring (bicyclic) bond motifs is 1. The average Bonchev–Trinajstić information content (AvgIpc) is 2.15. The quantitative estimate of drug-likeness (QED) is 0.487. The molecular weight excluding hydrogens is 98.1 g/mol. The molecule has 0 aromatic heterocycles. The molecule has 2 aliphatic rings. The van der Waals surface area contributed by atoms with Gasteiger partial charge in [-0.15, -0.1) is 0 Å². The van der Waals surface area contributed by atoms with Crippen LogP contribution in [0.1, 0.15) is 12.8 Å². The zero-order valence-corrected chi connectivity index (χ0v) is 5.06. The summed E-state index contributed by atoms with van der Waals surface area (Å²) >= 11 is 0. The Labute approximate surface area is 50.5 Å². The maximum Gasteiger partial charge on any atom is -0.00145 e. The minimum atomic E-state index is 0.940. The van der Waals surface area contributed by atoms with E-state index < -0.39 is 0 Å². The molecular formula is C7H12N. The van der Waals surface area contributed by atoms with Gasteiger partial charge in [-0.25, -0.2) is 0 Å². The molecule has 1 radical (unpaired) electrons. The standard InChI is InChI=1S/C7H12N/c1-2-6-4-8-5-7(6)3-1/h2,6-8H,1,3-5H2/t6-,7+/m1/s1. The van der Waals surface area contributed by atoms with Crippen LogP contribution in [0.15, 0.2) is 0 Å². The van der Waals surface area contributed by atoms with E-state index in [9.17, 15) is 0 Å². The van der Waals surface area contributed by atoms with Crippen LogP contribution in [0, 0.1) is 18.3 Å². The molecule has 2 rings (SSSR count). The lowest BCUT2D eigenvalue weighted by Crippen LogP contribution is -2.09. The minimum absolute atomic E-state index is 0.940. The van der Waals surface area contributed by atoms with E-state index in [1.807, 2.05) is 0 Å². The Bertz CT molecular complexity index is 70.4. The molecule has 0 unspecified atom stereocenters. The summed E-state index contributed by atoms with van der Waals surface area (Å²) < 4.78 is 0. The molecule has 1 N–H and O–H groups in total. The first-order valence-electron chi connectivity index (χ1n) is 3.51. The highest BCUT2D eigenvalue weighted by atomic mass is 14.9. The first kappa shape index (κ1) is 4.80. The highest BCUT2D eigenvalue weighted by Crippen LogP contribution is 2.32. The Morgan fingerprint density at radius 3 is 3.25 bits per heavy atom. The minimum Gasteiger partial charge on any atom is -0.316 e. The first-order chi connectivity index (χ1) is 3.97. The highest BCUT2D eigenvalue weighted by molar-refractivity contribution is 4.96. The fourth-order valence-corrected chi connectivity index (χ4v) is 1.87. The van der Waals surface area contributed by atoms with Crippen molar-refractivity contribution >= 4 is 0 Å². The molecule has 0 aromatic rings. The van der Waals surface area contributed by atoms with Gasteiger partial charge in [0.05, 0.1) is 0 Å². The van der Waals surface area contributed by atoms with Gasteiger partial charge in [-0.2, -0.15) is 0 Å². The van der Waals surface area contributed by atoms with Gasteiger partial charge >= 0.3 is 0 Å². The molecule has 1 saturated heterocycles. The third-order valence-corrected chi connectivity index (χ3v) is 2.40. The molecule has 2 atom stereocenters. The third-order valence-electron chi connectivity index (χ3n) is 2.40. The Balaban J connectivity index is 2.04. The summed E-state index contributed by atoms with van der Waals surface area (Å²) in [5.41, 5.74) is 0. The molecule has 0 aromatic carbocycles. The van der Waals surface area contributed by atoms with E-state index in [1.54, 1.807) is 0 Å². The van der Waals surface area contributed by atoms with Crippen LogP contribution in [-0.2, 0) is 0 Å². The van der Waals surface area contributed by atoms with Crippen LogP contribution in [0.5, 0.6) is 0 Å². The molecule has 0 bridgehead atoms. The van der Waals surface area contributed by atoms with Crippen molar-refractivity contribution < 1.29 is 0 Å². The van der Waals surface area contributed by atoms with E-state index in [-0.39, 0.29) is 0 Å². The monoisotopic (exact) mass is 110 g/mol. The summed E-state index contributed by atoms with van der Waals surface area (Å²) in [5, 5.41) is 3.39. The van der Waals surface area contributed by atoms with Gasteiger partial charge in [0.2, 0.25) is 0 Å². The van der Waals surface area contributed by atoms with Gasteiger partial charge in [0, 0.05) is 0 Å². The second kappa shape index (κ2) is 1.73. The topological polar surface area (TPSA) is 12.0 Å². The molecule has 0 spiro atoms. The molecule has 2 fully saturated rings. The van der Waals surface area contributed by atoms with Crippen LogP contribution in [0.4, 0.5) is 0 Å². The van der Waals surface area contributed by atoms with Gasteiger partial charge in [0.25, 0.3) is 0 Å². The average molecular weight is 110 g/mol. The van der Waals surface area contributed by atoms with Gasteiger partial charge < -0.3 is 5.32 Å². The molecule has 45 valence electrons. The van der Waals surface area contributed by atoms with Crippen LogP contribution >= 0.6 is 0 Å². The van der Waals surface area contributed by atoms with E-state index >= 15 is 0 Å². The fourth-order valence-electron chi connectivity index (χ4n) is 1.87. The molecule has 1 aliphatic heterocycles. The first-order valence-corrected chi connectivity index (χ1v) is 3.51. The Morgan fingerprint density at radius 1 is 1.38 bits per heavy atom. The lowest BCUT2D eigenvalue weighted by molar-refractivity contribution is 0.526. The zero-order chi connectivity index (χ0) is 5.40. The van der Waals surface area contributed by atoms with Crippen LogP contribution in [0.2, 0.25) is 0 Å². The molecule has 1 nitrogen and oxygen atoms in total. The van der Waals surface area contributed by atoms with Crippen molar-refractivity contribution in [1.29, 1.82) is 0 Å². The van der Waals surface area contributed by atoms with Crippen molar-refractivity contribution in [3.8, 4) is 0 Å². The van der Waals surface area contributed by atoms with Crippen molar-refractivity contribution in [2.45, 2.75) is 12.8 Å². The second-order valence-electron chi connectivity index (χ2n) is 2.90.